The van der Waals surface area contributed by atoms with E-state index in [1.165, 1.54) is 13.1 Å². The fourth-order valence-corrected chi connectivity index (χ4v) is 4.82. The number of likely N-dealkylation sites (tertiary alicyclic amines) is 1. The molecule has 2 unspecified atom stereocenters. The third-order valence-electron chi connectivity index (χ3n) is 6.66. The van der Waals surface area contributed by atoms with Gasteiger partial charge in [0.25, 0.3) is 11.8 Å². The Kier molecular flexibility index (Phi) is 9.27. The Bertz CT molecular complexity index is 1420. The maximum Gasteiger partial charge on any atom is 0.289 e. The van der Waals surface area contributed by atoms with Gasteiger partial charge in [-0.25, -0.2) is 9.97 Å². The zero-order chi connectivity index (χ0) is 29.8. The van der Waals surface area contributed by atoms with Crippen molar-refractivity contribution in [1.82, 2.24) is 20.2 Å². The molecule has 11 nitrogen and oxygen atoms in total. The van der Waals surface area contributed by atoms with E-state index in [-0.39, 0.29) is 46.7 Å². The minimum atomic E-state index is -0.955. The predicted octanol–water partition coefficient (Wildman–Crippen LogP) is 3.63. The molecule has 12 heteroatoms. The molecular formula is C28H32ClN7O4. The molecule has 4 N–H and O–H groups in total. The number of primary amides is 1. The number of rotatable bonds is 9. The molecule has 3 amide bonds. The van der Waals surface area contributed by atoms with Gasteiger partial charge in [-0.1, -0.05) is 23.7 Å². The number of nitrogens with one attached hydrogen (secondary N) is 2. The summed E-state index contributed by atoms with van der Waals surface area (Å²) in [5.74, 6) is -2.32. The van der Waals surface area contributed by atoms with Crippen LogP contribution in [-0.4, -0.2) is 50.4 Å². The zero-order valence-corrected chi connectivity index (χ0v) is 23.7. The first-order valence-corrected chi connectivity index (χ1v) is 13.0. The number of aromatic nitrogens is 2. The molecule has 1 fully saturated rings. The van der Waals surface area contributed by atoms with Gasteiger partial charge in [0.2, 0.25) is 11.7 Å². The number of carbonyl (C=O) groups excluding carboxylic acids is 3. The molecule has 2 aromatic rings. The molecule has 1 aromatic carbocycles. The van der Waals surface area contributed by atoms with E-state index in [2.05, 4.69) is 21.4 Å². The molecule has 0 aliphatic carbocycles. The van der Waals surface area contributed by atoms with E-state index in [1.54, 1.807) is 44.7 Å². The van der Waals surface area contributed by atoms with E-state index in [0.29, 0.717) is 17.9 Å². The molecule has 0 spiro atoms. The molecule has 210 valence electrons. The van der Waals surface area contributed by atoms with Crippen LogP contribution < -0.4 is 15.8 Å². The quantitative estimate of drug-likeness (QED) is 0.236. The van der Waals surface area contributed by atoms with E-state index in [0.717, 1.165) is 11.6 Å². The molecule has 3 rings (SSSR count). The Balaban J connectivity index is 1.82. The van der Waals surface area contributed by atoms with Gasteiger partial charge in [-0.3, -0.25) is 14.4 Å². The standard InChI is InChI=1S/C28H32ClN7O4/c1-15(31)11-21(24(32)37)40-22-13-33-25(34-16(22)2)26(38)35-17(3)27(39)36-20(18-7-6-8-19(29)12-18)9-10-23(36)28(4,5)14-30/h6-8,11-13,17,20,23,31H,9-10H2,1-5H3,(H2,32,37)(H,35,38)/b21-11+,31-15?/t17-,20?,23?/m1/s1. The number of allylic oxidation sites excluding steroid dienone is 1. The van der Waals surface area contributed by atoms with Gasteiger partial charge in [-0.05, 0) is 65.2 Å². The molecule has 1 saturated heterocycles. The Morgan fingerprint density at radius 1 is 1.35 bits per heavy atom. The van der Waals surface area contributed by atoms with Crippen molar-refractivity contribution in [3.8, 4) is 11.8 Å². The number of nitrogens with zero attached hydrogens (tertiary/aromatic N) is 4. The Labute approximate surface area is 237 Å². The van der Waals surface area contributed by atoms with E-state index in [9.17, 15) is 19.6 Å². The third-order valence-corrected chi connectivity index (χ3v) is 6.90. The van der Waals surface area contributed by atoms with Crippen molar-refractivity contribution >= 4 is 35.0 Å². The molecule has 0 bridgehead atoms. The molecule has 1 aliphatic heterocycles. The number of aryl methyl sites for hydroxylation is 1. The van der Waals surface area contributed by atoms with Crippen LogP contribution in [0, 0.1) is 29.1 Å². The minimum Gasteiger partial charge on any atom is -0.448 e. The summed E-state index contributed by atoms with van der Waals surface area (Å²) < 4.78 is 5.45. The first-order chi connectivity index (χ1) is 18.7. The summed E-state index contributed by atoms with van der Waals surface area (Å²) in [5.41, 5.74) is 5.63. The van der Waals surface area contributed by atoms with Crippen molar-refractivity contribution in [2.75, 3.05) is 0 Å². The second-order valence-electron chi connectivity index (χ2n) is 10.2. The van der Waals surface area contributed by atoms with Crippen LogP contribution in [0.3, 0.4) is 0 Å². The van der Waals surface area contributed by atoms with Gasteiger partial charge in [-0.2, -0.15) is 5.26 Å². The summed E-state index contributed by atoms with van der Waals surface area (Å²) in [5, 5.41) is 20.5. The van der Waals surface area contributed by atoms with E-state index >= 15 is 0 Å². The van der Waals surface area contributed by atoms with Crippen LogP contribution in [0.4, 0.5) is 0 Å². The molecular weight excluding hydrogens is 534 g/mol. The summed E-state index contributed by atoms with van der Waals surface area (Å²) in [6.07, 6.45) is 3.63. The van der Waals surface area contributed by atoms with E-state index in [4.69, 9.17) is 27.5 Å². The third kappa shape index (κ3) is 6.82. The summed E-state index contributed by atoms with van der Waals surface area (Å²) in [7, 11) is 0. The minimum absolute atomic E-state index is 0.0537. The van der Waals surface area contributed by atoms with Crippen LogP contribution in [0.2, 0.25) is 5.02 Å². The lowest BCUT2D eigenvalue weighted by Crippen LogP contribution is -2.52. The van der Waals surface area contributed by atoms with Crippen LogP contribution in [0.15, 0.2) is 42.3 Å². The summed E-state index contributed by atoms with van der Waals surface area (Å²) in [4.78, 5) is 48.3. The van der Waals surface area contributed by atoms with Crippen molar-refractivity contribution in [1.29, 1.82) is 10.7 Å². The maximum atomic E-state index is 13.8. The van der Waals surface area contributed by atoms with Crippen LogP contribution in [-0.2, 0) is 9.59 Å². The number of amides is 3. The Hall–Kier alpha value is -4.30. The smallest absolute Gasteiger partial charge is 0.289 e. The van der Waals surface area contributed by atoms with E-state index in [1.807, 2.05) is 12.1 Å². The van der Waals surface area contributed by atoms with E-state index < -0.39 is 23.3 Å². The molecule has 1 aliphatic rings. The first kappa shape index (κ1) is 30.2. The molecule has 1 aromatic heterocycles. The summed E-state index contributed by atoms with van der Waals surface area (Å²) >= 11 is 6.22. The number of benzene rings is 1. The number of nitriles is 1. The molecule has 3 atom stereocenters. The Morgan fingerprint density at radius 2 is 2.05 bits per heavy atom. The maximum absolute atomic E-state index is 13.8. The number of halogens is 1. The molecule has 2 heterocycles. The average Bonchev–Trinajstić information content (AvgIpc) is 3.34. The number of hydrogen-bond acceptors (Lipinski definition) is 8. The number of carbonyl (C=O) groups is 3. The van der Waals surface area contributed by atoms with Gasteiger partial charge >= 0.3 is 0 Å². The highest BCUT2D eigenvalue weighted by Gasteiger charge is 2.46. The number of ether oxygens (including phenoxy) is 1. The van der Waals surface area contributed by atoms with Crippen LogP contribution >= 0.6 is 11.6 Å². The molecule has 0 radical (unpaired) electrons. The van der Waals surface area contributed by atoms with Crippen molar-refractivity contribution < 1.29 is 19.1 Å². The van der Waals surface area contributed by atoms with Gasteiger partial charge in [0.15, 0.2) is 11.5 Å². The zero-order valence-electron chi connectivity index (χ0n) is 23.0. The average molecular weight is 566 g/mol. The van der Waals surface area contributed by atoms with Crippen LogP contribution in [0.1, 0.15) is 68.5 Å². The van der Waals surface area contributed by atoms with Crippen molar-refractivity contribution in [3.05, 3.63) is 64.4 Å². The predicted molar refractivity (Wildman–Crippen MR) is 148 cm³/mol. The van der Waals surface area contributed by atoms with Crippen molar-refractivity contribution in [3.63, 3.8) is 0 Å². The van der Waals surface area contributed by atoms with Gasteiger partial charge in [0.05, 0.1) is 35.5 Å². The highest BCUT2D eigenvalue weighted by atomic mass is 35.5. The lowest BCUT2D eigenvalue weighted by atomic mass is 9.84. The lowest BCUT2D eigenvalue weighted by molar-refractivity contribution is -0.137. The molecule has 40 heavy (non-hydrogen) atoms. The highest BCUT2D eigenvalue weighted by molar-refractivity contribution is 6.30. The topological polar surface area (TPSA) is 175 Å². The largest absolute Gasteiger partial charge is 0.448 e. The SMILES string of the molecule is CC(=N)/C=C(/Oc1cnc(C(=O)N[C@H](C)C(=O)N2C(c3cccc(Cl)c3)CCC2C(C)(C)C#N)nc1C)C(N)=O. The summed E-state index contributed by atoms with van der Waals surface area (Å²) in [6, 6.07) is 7.94. The number of nitrogens with two attached hydrogens (primary N) is 1. The van der Waals surface area contributed by atoms with Crippen LogP contribution in [0.5, 0.6) is 5.75 Å². The summed E-state index contributed by atoms with van der Waals surface area (Å²) in [6.45, 7) is 8.16. The second-order valence-corrected chi connectivity index (χ2v) is 10.7. The van der Waals surface area contributed by atoms with Crippen molar-refractivity contribution in [2.45, 2.75) is 65.6 Å². The van der Waals surface area contributed by atoms with Gasteiger partial charge < -0.3 is 26.1 Å². The molecule has 0 saturated carbocycles. The van der Waals surface area contributed by atoms with Crippen LogP contribution in [0.25, 0.3) is 0 Å². The Morgan fingerprint density at radius 3 is 2.62 bits per heavy atom. The number of hydrogen-bond donors (Lipinski definition) is 3. The fourth-order valence-electron chi connectivity index (χ4n) is 4.62. The second kappa shape index (κ2) is 12.3. The highest BCUT2D eigenvalue weighted by Crippen LogP contribution is 2.43. The normalized spacial score (nSPS) is 18.0. The lowest BCUT2D eigenvalue weighted by Gasteiger charge is -2.38. The van der Waals surface area contributed by atoms with Gasteiger partial charge in [0.1, 0.15) is 6.04 Å². The first-order valence-electron chi connectivity index (χ1n) is 12.6. The fraction of sp³-hybridized carbons (Fsp3) is 0.393. The monoisotopic (exact) mass is 565 g/mol. The van der Waals surface area contributed by atoms with Gasteiger partial charge in [-0.15, -0.1) is 0 Å². The van der Waals surface area contributed by atoms with Gasteiger partial charge in [0, 0.05) is 16.8 Å². The van der Waals surface area contributed by atoms with Crippen molar-refractivity contribution in [2.24, 2.45) is 11.1 Å².